The van der Waals surface area contributed by atoms with Crippen molar-refractivity contribution in [3.8, 4) is 0 Å². The first kappa shape index (κ1) is 16.7. The summed E-state index contributed by atoms with van der Waals surface area (Å²) in [6.45, 7) is 8.77. The van der Waals surface area contributed by atoms with E-state index in [1.165, 1.54) is 6.07 Å². The Morgan fingerprint density at radius 1 is 1.23 bits per heavy atom. The number of amides is 2. The second-order valence-electron chi connectivity index (χ2n) is 6.39. The molecule has 0 spiro atoms. The fourth-order valence-corrected chi connectivity index (χ4v) is 2.55. The van der Waals surface area contributed by atoms with Crippen molar-refractivity contribution in [3.63, 3.8) is 0 Å². The van der Waals surface area contributed by atoms with Crippen LogP contribution in [0.3, 0.4) is 0 Å². The van der Waals surface area contributed by atoms with E-state index >= 15 is 0 Å². The van der Waals surface area contributed by atoms with Crippen LogP contribution in [0.4, 0.5) is 14.9 Å². The first-order valence-corrected chi connectivity index (χ1v) is 7.61. The van der Waals surface area contributed by atoms with Gasteiger partial charge >= 0.3 is 6.03 Å². The number of nitrogens with one attached hydrogen (secondary N) is 2. The highest BCUT2D eigenvalue weighted by Gasteiger charge is 2.29. The summed E-state index contributed by atoms with van der Waals surface area (Å²) < 4.78 is 13.5. The van der Waals surface area contributed by atoms with Gasteiger partial charge in [-0.15, -0.1) is 0 Å². The van der Waals surface area contributed by atoms with Gasteiger partial charge in [-0.2, -0.15) is 0 Å². The molecule has 5 nitrogen and oxygen atoms in total. The standard InChI is InChI=1S/C16H25FN4O/c1-16(2,21-10-8-20(3)9-11-21)12-18-15(22)19-14-7-5-4-6-13(14)17/h4-7H,8-12H2,1-3H3,(H2,18,19,22). The van der Waals surface area contributed by atoms with Crippen LogP contribution in [0.5, 0.6) is 0 Å². The van der Waals surface area contributed by atoms with E-state index in [0.29, 0.717) is 6.54 Å². The number of likely N-dealkylation sites (N-methyl/N-ethyl adjacent to an activating group) is 1. The number of hydrogen-bond donors (Lipinski definition) is 2. The number of carbonyl (C=O) groups is 1. The Morgan fingerprint density at radius 2 is 1.86 bits per heavy atom. The van der Waals surface area contributed by atoms with Crippen LogP contribution in [0.2, 0.25) is 0 Å². The number of piperazine rings is 1. The van der Waals surface area contributed by atoms with E-state index in [4.69, 9.17) is 0 Å². The minimum atomic E-state index is -0.434. The quantitative estimate of drug-likeness (QED) is 0.894. The third kappa shape index (κ3) is 4.42. The molecule has 0 aliphatic carbocycles. The molecule has 2 rings (SSSR count). The Hall–Kier alpha value is -1.66. The molecule has 0 radical (unpaired) electrons. The fourth-order valence-electron chi connectivity index (χ4n) is 2.55. The van der Waals surface area contributed by atoms with Gasteiger partial charge in [0.25, 0.3) is 0 Å². The molecule has 1 aromatic rings. The van der Waals surface area contributed by atoms with E-state index in [-0.39, 0.29) is 17.3 Å². The summed E-state index contributed by atoms with van der Waals surface area (Å²) in [7, 11) is 2.12. The van der Waals surface area contributed by atoms with Gasteiger partial charge in [-0.3, -0.25) is 4.90 Å². The van der Waals surface area contributed by atoms with Crippen LogP contribution < -0.4 is 10.6 Å². The summed E-state index contributed by atoms with van der Waals surface area (Å²) in [5.74, 6) is -0.434. The summed E-state index contributed by atoms with van der Waals surface area (Å²) in [6.07, 6.45) is 0. The van der Waals surface area contributed by atoms with Crippen molar-refractivity contribution in [2.45, 2.75) is 19.4 Å². The molecule has 1 fully saturated rings. The number of benzene rings is 1. The predicted octanol–water partition coefficient (Wildman–Crippen LogP) is 1.97. The van der Waals surface area contributed by atoms with E-state index in [1.54, 1.807) is 18.2 Å². The lowest BCUT2D eigenvalue weighted by molar-refractivity contribution is 0.0636. The van der Waals surface area contributed by atoms with Crippen LogP contribution in [-0.4, -0.2) is 61.1 Å². The predicted molar refractivity (Wildman–Crippen MR) is 86.6 cm³/mol. The van der Waals surface area contributed by atoms with Crippen LogP contribution in [0.15, 0.2) is 24.3 Å². The Balaban J connectivity index is 1.83. The van der Waals surface area contributed by atoms with E-state index < -0.39 is 5.82 Å². The molecule has 1 aromatic carbocycles. The SMILES string of the molecule is CN1CCN(C(C)(C)CNC(=O)Nc2ccccc2F)CC1. The Labute approximate surface area is 131 Å². The van der Waals surface area contributed by atoms with Crippen molar-refractivity contribution in [2.75, 3.05) is 45.1 Å². The molecule has 1 aliphatic rings. The Kier molecular flexibility index (Phi) is 5.37. The minimum absolute atomic E-state index is 0.131. The maximum absolute atomic E-state index is 13.5. The van der Waals surface area contributed by atoms with Crippen LogP contribution in [-0.2, 0) is 0 Å². The van der Waals surface area contributed by atoms with Gasteiger partial charge in [0.15, 0.2) is 0 Å². The molecular weight excluding hydrogens is 283 g/mol. The fraction of sp³-hybridized carbons (Fsp3) is 0.562. The zero-order valence-corrected chi connectivity index (χ0v) is 13.5. The van der Waals surface area contributed by atoms with Gasteiger partial charge in [0.1, 0.15) is 5.82 Å². The lowest BCUT2D eigenvalue weighted by Gasteiger charge is -2.43. The normalized spacial score (nSPS) is 17.3. The monoisotopic (exact) mass is 308 g/mol. The van der Waals surface area contributed by atoms with Crippen molar-refractivity contribution in [1.82, 2.24) is 15.1 Å². The van der Waals surface area contributed by atoms with E-state index in [1.807, 2.05) is 0 Å². The Bertz CT molecular complexity index is 513. The van der Waals surface area contributed by atoms with Gasteiger partial charge in [-0.05, 0) is 33.0 Å². The van der Waals surface area contributed by atoms with Crippen molar-refractivity contribution in [3.05, 3.63) is 30.1 Å². The molecule has 1 aliphatic heterocycles. The number of carbonyl (C=O) groups excluding carboxylic acids is 1. The second-order valence-corrected chi connectivity index (χ2v) is 6.39. The molecule has 0 atom stereocenters. The van der Waals surface area contributed by atoms with Gasteiger partial charge < -0.3 is 15.5 Å². The molecule has 0 aromatic heterocycles. The van der Waals surface area contributed by atoms with Gasteiger partial charge in [0.2, 0.25) is 0 Å². The van der Waals surface area contributed by atoms with E-state index in [9.17, 15) is 9.18 Å². The minimum Gasteiger partial charge on any atom is -0.336 e. The van der Waals surface area contributed by atoms with Gasteiger partial charge in [-0.25, -0.2) is 9.18 Å². The second kappa shape index (κ2) is 7.07. The highest BCUT2D eigenvalue weighted by molar-refractivity contribution is 5.89. The number of rotatable bonds is 4. The van der Waals surface area contributed by atoms with Crippen molar-refractivity contribution < 1.29 is 9.18 Å². The number of hydrogen-bond acceptors (Lipinski definition) is 3. The zero-order valence-electron chi connectivity index (χ0n) is 13.5. The summed E-state index contributed by atoms with van der Waals surface area (Å²) in [5.41, 5.74) is 0.0609. The zero-order chi connectivity index (χ0) is 16.2. The first-order chi connectivity index (χ1) is 10.4. The summed E-state index contributed by atoms with van der Waals surface area (Å²) >= 11 is 0. The third-order valence-electron chi connectivity index (χ3n) is 4.16. The van der Waals surface area contributed by atoms with Crippen LogP contribution >= 0.6 is 0 Å². The number of nitrogens with zero attached hydrogens (tertiary/aromatic N) is 2. The molecule has 6 heteroatoms. The average Bonchev–Trinajstić information content (AvgIpc) is 2.48. The molecule has 22 heavy (non-hydrogen) atoms. The molecular formula is C16H25FN4O. The maximum Gasteiger partial charge on any atom is 0.319 e. The van der Waals surface area contributed by atoms with E-state index in [2.05, 4.69) is 41.3 Å². The Morgan fingerprint density at radius 3 is 2.50 bits per heavy atom. The molecule has 1 saturated heterocycles. The molecule has 2 amide bonds. The molecule has 0 saturated carbocycles. The first-order valence-electron chi connectivity index (χ1n) is 7.61. The highest BCUT2D eigenvalue weighted by Crippen LogP contribution is 2.16. The lowest BCUT2D eigenvalue weighted by Crippen LogP contribution is -2.58. The summed E-state index contributed by atoms with van der Waals surface area (Å²) in [4.78, 5) is 16.6. The van der Waals surface area contributed by atoms with Gasteiger partial charge in [-0.1, -0.05) is 12.1 Å². The smallest absolute Gasteiger partial charge is 0.319 e. The van der Waals surface area contributed by atoms with Crippen molar-refractivity contribution in [2.24, 2.45) is 0 Å². The maximum atomic E-state index is 13.5. The average molecular weight is 308 g/mol. The van der Waals surface area contributed by atoms with Crippen LogP contribution in [0.1, 0.15) is 13.8 Å². The van der Waals surface area contributed by atoms with Crippen LogP contribution in [0.25, 0.3) is 0 Å². The number of urea groups is 1. The summed E-state index contributed by atoms with van der Waals surface area (Å²) in [6, 6.07) is 5.76. The van der Waals surface area contributed by atoms with Crippen molar-refractivity contribution >= 4 is 11.7 Å². The highest BCUT2D eigenvalue weighted by atomic mass is 19.1. The van der Waals surface area contributed by atoms with Crippen molar-refractivity contribution in [1.29, 1.82) is 0 Å². The number of anilines is 1. The summed E-state index contributed by atoms with van der Waals surface area (Å²) in [5, 5.41) is 5.38. The molecule has 122 valence electrons. The van der Waals surface area contributed by atoms with Crippen LogP contribution in [0, 0.1) is 5.82 Å². The molecule has 2 N–H and O–H groups in total. The third-order valence-corrected chi connectivity index (χ3v) is 4.16. The number of halogens is 1. The topological polar surface area (TPSA) is 47.6 Å². The van der Waals surface area contributed by atoms with E-state index in [0.717, 1.165) is 26.2 Å². The lowest BCUT2D eigenvalue weighted by atomic mass is 10.0. The number of para-hydroxylation sites is 1. The molecule has 1 heterocycles. The largest absolute Gasteiger partial charge is 0.336 e. The van der Waals surface area contributed by atoms with Gasteiger partial charge in [0.05, 0.1) is 5.69 Å². The molecule has 0 bridgehead atoms. The van der Waals surface area contributed by atoms with Gasteiger partial charge in [0, 0.05) is 38.3 Å². The molecule has 0 unspecified atom stereocenters.